The Balaban J connectivity index is 1.43. The standard InChI is InChI=1S/C43H56N2O2/c1-6-7-8-9-10-11-12-15-34-20-22-43(23-21-34,35-24-30(2)41(31(3)25-35)46-39-18-13-16-37(44)28-39)36-26-32(4)42(33(5)27-36)47-40-19-14-17-38(45)29-40/h13-14,16-19,24-29,34H,6-12,15,20-23,44-45H2,1-5H3. The van der Waals surface area contributed by atoms with Gasteiger partial charge in [-0.2, -0.15) is 0 Å². The predicted octanol–water partition coefficient (Wildman–Crippen LogP) is 12.3. The molecule has 0 atom stereocenters. The average molecular weight is 633 g/mol. The molecule has 0 radical (unpaired) electrons. The highest BCUT2D eigenvalue weighted by atomic mass is 16.5. The summed E-state index contributed by atoms with van der Waals surface area (Å²) in [6.07, 6.45) is 15.8. The molecule has 1 saturated carbocycles. The van der Waals surface area contributed by atoms with Gasteiger partial charge in [0.25, 0.3) is 0 Å². The molecule has 4 heteroatoms. The normalized spacial score (nSPS) is 14.7. The van der Waals surface area contributed by atoms with E-state index in [1.165, 1.54) is 75.3 Å². The van der Waals surface area contributed by atoms with Crippen molar-refractivity contribution in [1.29, 1.82) is 0 Å². The van der Waals surface area contributed by atoms with E-state index in [0.717, 1.165) is 64.0 Å². The Labute approximate surface area is 283 Å². The van der Waals surface area contributed by atoms with Crippen LogP contribution in [0.4, 0.5) is 11.4 Å². The fraction of sp³-hybridized carbons (Fsp3) is 0.442. The van der Waals surface area contributed by atoms with E-state index in [0.29, 0.717) is 11.4 Å². The third-order valence-electron chi connectivity index (χ3n) is 10.4. The fourth-order valence-electron chi connectivity index (χ4n) is 7.76. The summed E-state index contributed by atoms with van der Waals surface area (Å²) in [6.45, 7) is 11.0. The van der Waals surface area contributed by atoms with Crippen molar-refractivity contribution in [1.82, 2.24) is 0 Å². The first-order chi connectivity index (χ1) is 22.7. The zero-order chi connectivity index (χ0) is 33.4. The van der Waals surface area contributed by atoms with Crippen LogP contribution >= 0.6 is 0 Å². The molecule has 0 bridgehead atoms. The van der Waals surface area contributed by atoms with Crippen molar-refractivity contribution in [2.75, 3.05) is 11.5 Å². The van der Waals surface area contributed by atoms with Crippen molar-refractivity contribution < 1.29 is 9.47 Å². The molecule has 0 amide bonds. The van der Waals surface area contributed by atoms with Gasteiger partial charge in [0, 0.05) is 28.9 Å². The molecule has 0 spiro atoms. The third-order valence-corrected chi connectivity index (χ3v) is 10.4. The summed E-state index contributed by atoms with van der Waals surface area (Å²) in [5.41, 5.74) is 20.9. The average Bonchev–Trinajstić information content (AvgIpc) is 3.04. The lowest BCUT2D eigenvalue weighted by atomic mass is 9.62. The Morgan fingerprint density at radius 2 is 1.02 bits per heavy atom. The minimum absolute atomic E-state index is 0.0624. The SMILES string of the molecule is CCCCCCCCCC1CCC(c2cc(C)c(Oc3cccc(N)c3)c(C)c2)(c2cc(C)c(Oc3cccc(N)c3)c(C)c2)CC1. The van der Waals surface area contributed by atoms with E-state index in [1.807, 2.05) is 48.5 Å². The highest BCUT2D eigenvalue weighted by Crippen LogP contribution is 2.50. The number of hydrogen-bond donors (Lipinski definition) is 2. The van der Waals surface area contributed by atoms with E-state index < -0.39 is 0 Å². The van der Waals surface area contributed by atoms with Crippen molar-refractivity contribution in [3.05, 3.63) is 106 Å². The van der Waals surface area contributed by atoms with E-state index in [4.69, 9.17) is 20.9 Å². The molecule has 47 heavy (non-hydrogen) atoms. The van der Waals surface area contributed by atoms with Gasteiger partial charge in [0.2, 0.25) is 0 Å². The maximum atomic E-state index is 6.42. The highest BCUT2D eigenvalue weighted by molar-refractivity contribution is 5.55. The Hall–Kier alpha value is -3.92. The van der Waals surface area contributed by atoms with Crippen molar-refractivity contribution in [2.45, 2.75) is 117 Å². The molecule has 4 aromatic carbocycles. The molecule has 250 valence electrons. The van der Waals surface area contributed by atoms with Crippen LogP contribution in [0.1, 0.15) is 117 Å². The lowest BCUT2D eigenvalue weighted by molar-refractivity contribution is 0.249. The van der Waals surface area contributed by atoms with E-state index >= 15 is 0 Å². The van der Waals surface area contributed by atoms with Gasteiger partial charge in [-0.15, -0.1) is 0 Å². The lowest BCUT2D eigenvalue weighted by Crippen LogP contribution is -2.33. The molecular weight excluding hydrogens is 576 g/mol. The first-order valence-corrected chi connectivity index (χ1v) is 18.0. The predicted molar refractivity (Wildman–Crippen MR) is 199 cm³/mol. The monoisotopic (exact) mass is 632 g/mol. The largest absolute Gasteiger partial charge is 0.457 e. The van der Waals surface area contributed by atoms with Crippen LogP contribution in [-0.2, 0) is 5.41 Å². The molecule has 1 fully saturated rings. The maximum absolute atomic E-state index is 6.42. The maximum Gasteiger partial charge on any atom is 0.133 e. The van der Waals surface area contributed by atoms with Gasteiger partial charge in [0.15, 0.2) is 0 Å². The third kappa shape index (κ3) is 8.52. The molecule has 5 rings (SSSR count). The second kappa shape index (κ2) is 15.8. The van der Waals surface area contributed by atoms with Crippen molar-refractivity contribution in [2.24, 2.45) is 5.92 Å². The Morgan fingerprint density at radius 1 is 0.596 bits per heavy atom. The molecule has 0 saturated heterocycles. The molecule has 0 aromatic heterocycles. The van der Waals surface area contributed by atoms with Crippen LogP contribution in [0.3, 0.4) is 0 Å². The number of ether oxygens (including phenoxy) is 2. The summed E-state index contributed by atoms with van der Waals surface area (Å²) >= 11 is 0. The molecule has 0 heterocycles. The van der Waals surface area contributed by atoms with Gasteiger partial charge in [0.05, 0.1) is 0 Å². The summed E-state index contributed by atoms with van der Waals surface area (Å²) < 4.78 is 12.8. The first kappa shape index (κ1) is 34.4. The smallest absolute Gasteiger partial charge is 0.133 e. The van der Waals surface area contributed by atoms with Gasteiger partial charge in [-0.3, -0.25) is 0 Å². The Morgan fingerprint density at radius 3 is 1.45 bits per heavy atom. The van der Waals surface area contributed by atoms with Crippen molar-refractivity contribution in [3.8, 4) is 23.0 Å². The molecule has 0 unspecified atom stereocenters. The minimum Gasteiger partial charge on any atom is -0.457 e. The molecule has 1 aliphatic rings. The summed E-state index contributed by atoms with van der Waals surface area (Å²) in [7, 11) is 0. The van der Waals surface area contributed by atoms with Crippen molar-refractivity contribution in [3.63, 3.8) is 0 Å². The van der Waals surface area contributed by atoms with E-state index in [1.54, 1.807) is 0 Å². The number of unbranched alkanes of at least 4 members (excludes halogenated alkanes) is 6. The number of aryl methyl sites for hydroxylation is 4. The van der Waals surface area contributed by atoms with Gasteiger partial charge in [-0.25, -0.2) is 0 Å². The van der Waals surface area contributed by atoms with Gasteiger partial charge >= 0.3 is 0 Å². The molecule has 4 N–H and O–H groups in total. The highest BCUT2D eigenvalue weighted by Gasteiger charge is 2.39. The number of anilines is 2. The Bertz CT molecular complexity index is 1480. The number of hydrogen-bond acceptors (Lipinski definition) is 4. The fourth-order valence-corrected chi connectivity index (χ4v) is 7.76. The molecule has 4 aromatic rings. The van der Waals surface area contributed by atoms with Crippen molar-refractivity contribution >= 4 is 11.4 Å². The zero-order valence-electron chi connectivity index (χ0n) is 29.5. The molecule has 4 nitrogen and oxygen atoms in total. The number of nitrogens with two attached hydrogens (primary N) is 2. The summed E-state index contributed by atoms with van der Waals surface area (Å²) in [4.78, 5) is 0. The second-order valence-electron chi connectivity index (χ2n) is 14.2. The van der Waals surface area contributed by atoms with Gasteiger partial charge in [0.1, 0.15) is 23.0 Å². The zero-order valence-corrected chi connectivity index (χ0v) is 29.5. The quantitative estimate of drug-likeness (QED) is 0.107. The van der Waals surface area contributed by atoms with Crippen LogP contribution in [0.5, 0.6) is 23.0 Å². The van der Waals surface area contributed by atoms with E-state index in [-0.39, 0.29) is 5.41 Å². The minimum atomic E-state index is -0.0624. The molecule has 0 aliphatic heterocycles. The van der Waals surface area contributed by atoms with Crippen LogP contribution in [0.2, 0.25) is 0 Å². The van der Waals surface area contributed by atoms with Crippen LogP contribution in [-0.4, -0.2) is 0 Å². The van der Waals surface area contributed by atoms with Crippen LogP contribution in [0.25, 0.3) is 0 Å². The summed E-state index contributed by atoms with van der Waals surface area (Å²) in [5, 5.41) is 0. The number of nitrogen functional groups attached to an aromatic ring is 2. The number of rotatable bonds is 14. The van der Waals surface area contributed by atoms with E-state index in [9.17, 15) is 0 Å². The second-order valence-corrected chi connectivity index (χ2v) is 14.2. The van der Waals surface area contributed by atoms with Crippen LogP contribution in [0, 0.1) is 33.6 Å². The van der Waals surface area contributed by atoms with E-state index in [2.05, 4.69) is 58.9 Å². The first-order valence-electron chi connectivity index (χ1n) is 18.0. The summed E-state index contributed by atoms with van der Waals surface area (Å²) in [6, 6.07) is 24.9. The Kier molecular flexibility index (Phi) is 11.6. The van der Waals surface area contributed by atoms with Gasteiger partial charge in [-0.1, -0.05) is 94.7 Å². The topological polar surface area (TPSA) is 70.5 Å². The van der Waals surface area contributed by atoms with Crippen LogP contribution in [0.15, 0.2) is 72.8 Å². The summed E-state index contributed by atoms with van der Waals surface area (Å²) in [5.74, 6) is 4.18. The lowest BCUT2D eigenvalue weighted by Gasteiger charge is -2.42. The molecular formula is C43H56N2O2. The number of benzene rings is 4. The van der Waals surface area contributed by atoms with Gasteiger partial charge in [-0.05, 0) is 117 Å². The van der Waals surface area contributed by atoms with Gasteiger partial charge < -0.3 is 20.9 Å². The van der Waals surface area contributed by atoms with Crippen LogP contribution < -0.4 is 20.9 Å². The molecule has 1 aliphatic carbocycles.